The molecule has 0 radical (unpaired) electrons. The number of piperidine rings is 1. The molecule has 4 heteroatoms. The Labute approximate surface area is 82.3 Å². The number of rotatable bonds is 1. The second-order valence-electron chi connectivity index (χ2n) is 4.44. The molecule has 2 bridgehead atoms. The van der Waals surface area contributed by atoms with Crippen molar-refractivity contribution < 1.29 is 0 Å². The number of aromatic amines is 1. The van der Waals surface area contributed by atoms with Crippen LogP contribution in [0.1, 0.15) is 31.7 Å². The molecule has 4 nitrogen and oxygen atoms in total. The third-order valence-corrected chi connectivity index (χ3v) is 3.52. The fraction of sp³-hybridized carbons (Fsp3) is 0.700. The van der Waals surface area contributed by atoms with E-state index < -0.39 is 0 Å². The lowest BCUT2D eigenvalue weighted by Crippen LogP contribution is -2.40. The van der Waals surface area contributed by atoms with Gasteiger partial charge in [0.15, 0.2) is 0 Å². The summed E-state index contributed by atoms with van der Waals surface area (Å²) in [6.45, 7) is 0. The van der Waals surface area contributed by atoms with Crippen molar-refractivity contribution in [2.45, 2.75) is 43.8 Å². The van der Waals surface area contributed by atoms with E-state index in [0.29, 0.717) is 18.1 Å². The molecule has 0 aromatic carbocycles. The average Bonchev–Trinajstić information content (AvgIpc) is 2.73. The van der Waals surface area contributed by atoms with Gasteiger partial charge in [-0.1, -0.05) is 0 Å². The smallest absolute Gasteiger partial charge is 0.313 e. The van der Waals surface area contributed by atoms with Gasteiger partial charge in [0.05, 0.1) is 0 Å². The standard InChI is InChI=1S/C10H15N3O/c14-10-11-3-4-13(10)9-5-7-1-2-8(6-9)12-7/h3-4,7-9,12H,1-2,5-6H2,(H,11,14). The van der Waals surface area contributed by atoms with Crippen molar-refractivity contribution in [1.82, 2.24) is 14.9 Å². The number of hydrogen-bond donors (Lipinski definition) is 2. The molecule has 2 atom stereocenters. The van der Waals surface area contributed by atoms with Gasteiger partial charge in [0, 0.05) is 30.5 Å². The van der Waals surface area contributed by atoms with Crippen molar-refractivity contribution in [3.63, 3.8) is 0 Å². The number of hydrogen-bond acceptors (Lipinski definition) is 2. The Morgan fingerprint density at radius 2 is 2.00 bits per heavy atom. The molecule has 3 heterocycles. The first-order chi connectivity index (χ1) is 6.83. The first kappa shape index (κ1) is 8.29. The summed E-state index contributed by atoms with van der Waals surface area (Å²) in [6.07, 6.45) is 8.37. The van der Waals surface area contributed by atoms with Gasteiger partial charge in [0.25, 0.3) is 0 Å². The van der Waals surface area contributed by atoms with Gasteiger partial charge in [-0.25, -0.2) is 4.79 Å². The Hall–Kier alpha value is -1.03. The van der Waals surface area contributed by atoms with Crippen LogP contribution in [0.25, 0.3) is 0 Å². The van der Waals surface area contributed by atoms with Crippen LogP contribution in [0.3, 0.4) is 0 Å². The minimum absolute atomic E-state index is 0.0382. The van der Waals surface area contributed by atoms with E-state index in [2.05, 4.69) is 10.3 Å². The Balaban J connectivity index is 1.87. The number of fused-ring (bicyclic) bond motifs is 2. The van der Waals surface area contributed by atoms with E-state index in [1.54, 1.807) is 6.20 Å². The number of aromatic nitrogens is 2. The Morgan fingerprint density at radius 1 is 1.29 bits per heavy atom. The summed E-state index contributed by atoms with van der Waals surface area (Å²) in [5.41, 5.74) is 0.0382. The quantitative estimate of drug-likeness (QED) is 0.687. The molecule has 2 aliphatic heterocycles. The van der Waals surface area contributed by atoms with Crippen molar-refractivity contribution in [3.05, 3.63) is 22.9 Å². The van der Waals surface area contributed by atoms with Crippen LogP contribution in [0.4, 0.5) is 0 Å². The predicted molar refractivity (Wildman–Crippen MR) is 53.3 cm³/mol. The molecule has 1 aromatic heterocycles. The summed E-state index contributed by atoms with van der Waals surface area (Å²) in [5, 5.41) is 3.58. The highest BCUT2D eigenvalue weighted by atomic mass is 16.1. The van der Waals surface area contributed by atoms with E-state index >= 15 is 0 Å². The van der Waals surface area contributed by atoms with Crippen molar-refractivity contribution in [3.8, 4) is 0 Å². The Kier molecular flexibility index (Phi) is 1.77. The predicted octanol–water partition coefficient (Wildman–Crippen LogP) is 0.632. The molecule has 14 heavy (non-hydrogen) atoms. The topological polar surface area (TPSA) is 49.8 Å². The molecule has 3 rings (SSSR count). The zero-order chi connectivity index (χ0) is 9.54. The molecule has 2 saturated heterocycles. The van der Waals surface area contributed by atoms with Crippen LogP contribution in [-0.4, -0.2) is 21.6 Å². The Morgan fingerprint density at radius 3 is 2.57 bits per heavy atom. The second kappa shape index (κ2) is 2.98. The van der Waals surface area contributed by atoms with Crippen LogP contribution in [0.5, 0.6) is 0 Å². The van der Waals surface area contributed by atoms with E-state index in [0.717, 1.165) is 12.8 Å². The molecule has 2 aliphatic rings. The monoisotopic (exact) mass is 193 g/mol. The van der Waals surface area contributed by atoms with Gasteiger partial charge in [-0.05, 0) is 25.7 Å². The molecule has 76 valence electrons. The second-order valence-corrected chi connectivity index (χ2v) is 4.44. The van der Waals surface area contributed by atoms with E-state index in [-0.39, 0.29) is 5.69 Å². The lowest BCUT2D eigenvalue weighted by atomic mass is 10.00. The number of imidazole rings is 1. The summed E-state index contributed by atoms with van der Waals surface area (Å²) in [7, 11) is 0. The van der Waals surface area contributed by atoms with Gasteiger partial charge < -0.3 is 10.3 Å². The molecular formula is C10H15N3O. The zero-order valence-corrected chi connectivity index (χ0v) is 8.07. The molecule has 1 aromatic rings. The number of nitrogens with zero attached hydrogens (tertiary/aromatic N) is 1. The molecular weight excluding hydrogens is 178 g/mol. The van der Waals surface area contributed by atoms with Gasteiger partial charge in [-0.2, -0.15) is 0 Å². The van der Waals surface area contributed by atoms with Crippen molar-refractivity contribution >= 4 is 0 Å². The SMILES string of the molecule is O=c1[nH]ccn1C1CC2CCC(C1)N2. The van der Waals surface area contributed by atoms with Crippen LogP contribution in [0, 0.1) is 0 Å². The van der Waals surface area contributed by atoms with Crippen LogP contribution in [0.2, 0.25) is 0 Å². The highest BCUT2D eigenvalue weighted by Crippen LogP contribution is 2.32. The van der Waals surface area contributed by atoms with Crippen LogP contribution < -0.4 is 11.0 Å². The van der Waals surface area contributed by atoms with Crippen LogP contribution >= 0.6 is 0 Å². The number of nitrogens with one attached hydrogen (secondary N) is 2. The van der Waals surface area contributed by atoms with Gasteiger partial charge in [-0.15, -0.1) is 0 Å². The maximum atomic E-state index is 11.4. The van der Waals surface area contributed by atoms with E-state index in [4.69, 9.17) is 0 Å². The number of H-pyrrole nitrogens is 1. The lowest BCUT2D eigenvalue weighted by molar-refractivity contribution is 0.294. The third kappa shape index (κ3) is 1.21. The summed E-state index contributed by atoms with van der Waals surface area (Å²) in [4.78, 5) is 14.1. The van der Waals surface area contributed by atoms with Gasteiger partial charge in [0.1, 0.15) is 0 Å². The minimum atomic E-state index is 0.0382. The molecule has 0 aliphatic carbocycles. The maximum absolute atomic E-state index is 11.4. The van der Waals surface area contributed by atoms with Crippen LogP contribution in [0.15, 0.2) is 17.2 Å². The fourth-order valence-electron chi connectivity index (χ4n) is 2.87. The van der Waals surface area contributed by atoms with Crippen molar-refractivity contribution in [2.24, 2.45) is 0 Å². The molecule has 2 unspecified atom stereocenters. The minimum Gasteiger partial charge on any atom is -0.313 e. The average molecular weight is 193 g/mol. The van der Waals surface area contributed by atoms with Crippen molar-refractivity contribution in [1.29, 1.82) is 0 Å². The highest BCUT2D eigenvalue weighted by molar-refractivity contribution is 4.96. The van der Waals surface area contributed by atoms with E-state index in [1.807, 2.05) is 10.8 Å². The lowest BCUT2D eigenvalue weighted by Gasteiger charge is -2.29. The van der Waals surface area contributed by atoms with Gasteiger partial charge in [0.2, 0.25) is 0 Å². The molecule has 0 spiro atoms. The van der Waals surface area contributed by atoms with E-state index in [1.165, 1.54) is 12.8 Å². The summed E-state index contributed by atoms with van der Waals surface area (Å²) in [5.74, 6) is 0. The normalized spacial score (nSPS) is 36.1. The molecule has 0 amide bonds. The van der Waals surface area contributed by atoms with Gasteiger partial charge >= 0.3 is 5.69 Å². The zero-order valence-electron chi connectivity index (χ0n) is 8.07. The first-order valence-electron chi connectivity index (χ1n) is 5.34. The van der Waals surface area contributed by atoms with E-state index in [9.17, 15) is 4.79 Å². The fourth-order valence-corrected chi connectivity index (χ4v) is 2.87. The highest BCUT2D eigenvalue weighted by Gasteiger charge is 2.34. The van der Waals surface area contributed by atoms with Crippen LogP contribution in [-0.2, 0) is 0 Å². The van der Waals surface area contributed by atoms with Gasteiger partial charge in [-0.3, -0.25) is 4.57 Å². The molecule has 2 N–H and O–H groups in total. The molecule has 0 saturated carbocycles. The van der Waals surface area contributed by atoms with Crippen molar-refractivity contribution in [2.75, 3.05) is 0 Å². The first-order valence-corrected chi connectivity index (χ1v) is 5.34. The summed E-state index contributed by atoms with van der Waals surface area (Å²) < 4.78 is 1.85. The third-order valence-electron chi connectivity index (χ3n) is 3.52. The Bertz CT molecular complexity index is 369. The molecule has 2 fully saturated rings. The largest absolute Gasteiger partial charge is 0.325 e. The summed E-state index contributed by atoms with van der Waals surface area (Å²) in [6, 6.07) is 1.69. The summed E-state index contributed by atoms with van der Waals surface area (Å²) >= 11 is 0. The maximum Gasteiger partial charge on any atom is 0.325 e.